The molecule has 0 aliphatic heterocycles. The van der Waals surface area contributed by atoms with E-state index in [9.17, 15) is 4.79 Å². The molecule has 1 fully saturated rings. The van der Waals surface area contributed by atoms with Crippen molar-refractivity contribution in [3.8, 4) is 0 Å². The van der Waals surface area contributed by atoms with Crippen molar-refractivity contribution in [2.24, 2.45) is 0 Å². The molecule has 1 aliphatic carbocycles. The van der Waals surface area contributed by atoms with Gasteiger partial charge >= 0.3 is 0 Å². The van der Waals surface area contributed by atoms with Crippen LogP contribution in [0.4, 0.5) is 0 Å². The van der Waals surface area contributed by atoms with Crippen LogP contribution in [0, 0.1) is 6.92 Å². The molecule has 1 amide bonds. The molecule has 7 heteroatoms. The van der Waals surface area contributed by atoms with E-state index in [4.69, 9.17) is 5.11 Å². The molecule has 7 nitrogen and oxygen atoms in total. The van der Waals surface area contributed by atoms with E-state index >= 15 is 0 Å². The zero-order valence-corrected chi connectivity index (χ0v) is 9.87. The highest BCUT2D eigenvalue weighted by Crippen LogP contribution is 2.19. The molecule has 0 unspecified atom stereocenters. The molecule has 0 saturated heterocycles. The number of nitrogens with one attached hydrogen (secondary N) is 1. The highest BCUT2D eigenvalue weighted by atomic mass is 16.3. The Bertz CT molecular complexity index is 602. The largest absolute Gasteiger partial charge is 0.393 e. The summed E-state index contributed by atoms with van der Waals surface area (Å²) in [6.07, 6.45) is 2.52. The lowest BCUT2D eigenvalue weighted by atomic mass is 9.89. The average molecular weight is 247 g/mol. The monoisotopic (exact) mass is 247 g/mol. The van der Waals surface area contributed by atoms with E-state index in [1.807, 2.05) is 6.92 Å². The van der Waals surface area contributed by atoms with E-state index in [-0.39, 0.29) is 23.9 Å². The minimum atomic E-state index is -0.322. The number of hydrogen-bond acceptors (Lipinski definition) is 5. The number of nitrogens with zero attached hydrogens (tertiary/aromatic N) is 4. The highest BCUT2D eigenvalue weighted by Gasteiger charge is 2.29. The third-order valence-electron chi connectivity index (χ3n) is 3.08. The minimum Gasteiger partial charge on any atom is -0.393 e. The van der Waals surface area contributed by atoms with Crippen LogP contribution in [0.3, 0.4) is 0 Å². The van der Waals surface area contributed by atoms with Gasteiger partial charge in [-0.25, -0.2) is 9.50 Å². The van der Waals surface area contributed by atoms with Crippen LogP contribution in [0.2, 0.25) is 0 Å². The lowest BCUT2D eigenvalue weighted by molar-refractivity contribution is 0.0558. The molecule has 2 aromatic rings. The van der Waals surface area contributed by atoms with Crippen LogP contribution in [0.25, 0.3) is 5.78 Å². The molecule has 18 heavy (non-hydrogen) atoms. The predicted octanol–water partition coefficient (Wildman–Crippen LogP) is -0.314. The van der Waals surface area contributed by atoms with Gasteiger partial charge in [-0.15, -0.1) is 5.10 Å². The number of aliphatic hydroxyl groups is 1. The summed E-state index contributed by atoms with van der Waals surface area (Å²) in [5.74, 6) is 0.198. The fraction of sp³-hybridized carbons (Fsp3) is 0.455. The lowest BCUT2D eigenvalue weighted by Crippen LogP contribution is -2.47. The fourth-order valence-corrected chi connectivity index (χ4v) is 1.96. The van der Waals surface area contributed by atoms with E-state index in [1.54, 1.807) is 12.3 Å². The van der Waals surface area contributed by atoms with Crippen molar-refractivity contribution in [2.75, 3.05) is 0 Å². The number of aliphatic hydroxyl groups excluding tert-OH is 1. The van der Waals surface area contributed by atoms with Gasteiger partial charge in [0.2, 0.25) is 5.82 Å². The summed E-state index contributed by atoms with van der Waals surface area (Å²) in [7, 11) is 0. The summed E-state index contributed by atoms with van der Waals surface area (Å²) < 4.78 is 1.53. The Morgan fingerprint density at radius 1 is 1.56 bits per heavy atom. The van der Waals surface area contributed by atoms with Crippen molar-refractivity contribution in [2.45, 2.75) is 31.9 Å². The second-order valence-corrected chi connectivity index (χ2v) is 4.53. The molecular weight excluding hydrogens is 234 g/mol. The topological polar surface area (TPSA) is 92.4 Å². The molecular formula is C11H13N5O2. The van der Waals surface area contributed by atoms with E-state index in [1.165, 1.54) is 4.52 Å². The summed E-state index contributed by atoms with van der Waals surface area (Å²) in [5.41, 5.74) is 0.866. The van der Waals surface area contributed by atoms with Gasteiger partial charge in [-0.1, -0.05) is 0 Å². The SMILES string of the molecule is Cc1ccnc2nc(C(=O)NC3CC(O)C3)nn12. The number of carbonyl (C=O) groups excluding carboxylic acids is 1. The molecule has 0 aromatic carbocycles. The maximum Gasteiger partial charge on any atom is 0.291 e. The number of carbonyl (C=O) groups is 1. The minimum absolute atomic E-state index is 0.0215. The van der Waals surface area contributed by atoms with Crippen molar-refractivity contribution in [3.05, 3.63) is 23.8 Å². The van der Waals surface area contributed by atoms with Crippen LogP contribution >= 0.6 is 0 Å². The molecule has 0 atom stereocenters. The first-order valence-corrected chi connectivity index (χ1v) is 5.81. The number of amides is 1. The van der Waals surface area contributed by atoms with E-state index in [2.05, 4.69) is 20.4 Å². The molecule has 0 spiro atoms. The second-order valence-electron chi connectivity index (χ2n) is 4.53. The standard InChI is InChI=1S/C11H13N5O2/c1-6-2-3-12-11-14-9(15-16(6)11)10(18)13-7-4-8(17)5-7/h2-3,7-8,17H,4-5H2,1H3,(H,13,18). The van der Waals surface area contributed by atoms with E-state index in [0.717, 1.165) is 5.69 Å². The number of aromatic nitrogens is 4. The first kappa shape index (κ1) is 11.1. The highest BCUT2D eigenvalue weighted by molar-refractivity contribution is 5.91. The zero-order chi connectivity index (χ0) is 12.7. The summed E-state index contributed by atoms with van der Waals surface area (Å²) in [4.78, 5) is 20.0. The van der Waals surface area contributed by atoms with Gasteiger partial charge in [-0.05, 0) is 25.8 Å². The smallest absolute Gasteiger partial charge is 0.291 e. The first-order valence-electron chi connectivity index (χ1n) is 5.81. The van der Waals surface area contributed by atoms with Crippen molar-refractivity contribution in [1.29, 1.82) is 0 Å². The van der Waals surface area contributed by atoms with Crippen molar-refractivity contribution < 1.29 is 9.90 Å². The summed E-state index contributed by atoms with van der Waals surface area (Å²) >= 11 is 0. The average Bonchev–Trinajstić information content (AvgIpc) is 2.72. The van der Waals surface area contributed by atoms with Crippen molar-refractivity contribution in [3.63, 3.8) is 0 Å². The fourth-order valence-electron chi connectivity index (χ4n) is 1.96. The first-order chi connectivity index (χ1) is 8.63. The van der Waals surface area contributed by atoms with Gasteiger partial charge in [0.05, 0.1) is 6.10 Å². The molecule has 0 bridgehead atoms. The predicted molar refractivity (Wildman–Crippen MR) is 62.0 cm³/mol. The molecule has 0 radical (unpaired) electrons. The summed E-state index contributed by atoms with van der Waals surface area (Å²) in [6.45, 7) is 1.87. The lowest BCUT2D eigenvalue weighted by Gasteiger charge is -2.31. The molecule has 94 valence electrons. The Kier molecular flexibility index (Phi) is 2.48. The summed E-state index contributed by atoms with van der Waals surface area (Å²) in [6, 6.07) is 1.82. The Morgan fingerprint density at radius 2 is 2.33 bits per heavy atom. The number of hydrogen-bond donors (Lipinski definition) is 2. The molecule has 3 rings (SSSR count). The van der Waals surface area contributed by atoms with Gasteiger partial charge in [-0.2, -0.15) is 4.98 Å². The normalized spacial score (nSPS) is 22.8. The third-order valence-corrected chi connectivity index (χ3v) is 3.08. The van der Waals surface area contributed by atoms with Crippen LogP contribution < -0.4 is 5.32 Å². The van der Waals surface area contributed by atoms with Crippen LogP contribution in [0.15, 0.2) is 12.3 Å². The van der Waals surface area contributed by atoms with Gasteiger partial charge in [0.15, 0.2) is 0 Å². The van der Waals surface area contributed by atoms with Crippen molar-refractivity contribution in [1.82, 2.24) is 24.9 Å². The van der Waals surface area contributed by atoms with Crippen molar-refractivity contribution >= 4 is 11.7 Å². The molecule has 1 aliphatic rings. The molecule has 2 N–H and O–H groups in total. The van der Waals surface area contributed by atoms with Gasteiger partial charge in [0.25, 0.3) is 11.7 Å². The summed E-state index contributed by atoms with van der Waals surface area (Å²) in [5, 5.41) is 16.0. The van der Waals surface area contributed by atoms with E-state index in [0.29, 0.717) is 18.6 Å². The third kappa shape index (κ3) is 1.82. The molecule has 1 saturated carbocycles. The second kappa shape index (κ2) is 4.02. The molecule has 2 heterocycles. The number of aryl methyl sites for hydroxylation is 1. The van der Waals surface area contributed by atoms with Gasteiger partial charge in [-0.3, -0.25) is 4.79 Å². The van der Waals surface area contributed by atoms with Gasteiger partial charge < -0.3 is 10.4 Å². The Morgan fingerprint density at radius 3 is 3.00 bits per heavy atom. The van der Waals surface area contributed by atoms with Crippen LogP contribution in [0.5, 0.6) is 0 Å². The van der Waals surface area contributed by atoms with Gasteiger partial charge in [0, 0.05) is 17.9 Å². The van der Waals surface area contributed by atoms with E-state index < -0.39 is 0 Å². The maximum absolute atomic E-state index is 11.9. The quantitative estimate of drug-likeness (QED) is 0.759. The molecule has 2 aromatic heterocycles. The van der Waals surface area contributed by atoms with Crippen LogP contribution in [-0.2, 0) is 0 Å². The Balaban J connectivity index is 1.81. The zero-order valence-electron chi connectivity index (χ0n) is 9.87. The number of fused-ring (bicyclic) bond motifs is 1. The Labute approximate surface area is 103 Å². The number of rotatable bonds is 2. The van der Waals surface area contributed by atoms with Crippen LogP contribution in [0.1, 0.15) is 29.2 Å². The maximum atomic E-state index is 11.9. The Hall–Kier alpha value is -2.02. The van der Waals surface area contributed by atoms with Crippen LogP contribution in [-0.4, -0.2) is 42.7 Å². The van der Waals surface area contributed by atoms with Gasteiger partial charge in [0.1, 0.15) is 0 Å².